The number of para-hydroxylation sites is 1. The van der Waals surface area contributed by atoms with Crippen LogP contribution in [-0.2, 0) is 0 Å². The van der Waals surface area contributed by atoms with E-state index in [9.17, 15) is 9.18 Å². The van der Waals surface area contributed by atoms with Gasteiger partial charge in [0.2, 0.25) is 0 Å². The first-order chi connectivity index (χ1) is 12.0. The molecule has 25 heavy (non-hydrogen) atoms. The Morgan fingerprint density at radius 2 is 1.96 bits per heavy atom. The largest absolute Gasteiger partial charge is 0.418 e. The van der Waals surface area contributed by atoms with Crippen molar-refractivity contribution in [2.75, 3.05) is 5.32 Å². The molecular weight excluding hydrogens is 323 g/mol. The molecule has 0 atom stereocenters. The Hall–Kier alpha value is -3.22. The van der Waals surface area contributed by atoms with Gasteiger partial charge < -0.3 is 4.74 Å². The van der Waals surface area contributed by atoms with Gasteiger partial charge >= 0.3 is 6.09 Å². The zero-order chi connectivity index (χ0) is 17.8. The monoisotopic (exact) mass is 340 g/mol. The average molecular weight is 340 g/mol. The number of carbonyl (C=O) groups is 1. The van der Waals surface area contributed by atoms with Gasteiger partial charge in [-0.25, -0.2) is 13.9 Å². The standard InChI is InChI=1S/C18H17FN4O2/c1-12(2)16-9-17(21-18(24)25-15-6-4-3-5-7-15)23(22-16)14-8-13(19)10-20-11-14/h3-12H,1-2H3,(H,21,24). The number of benzene rings is 1. The zero-order valence-electron chi connectivity index (χ0n) is 13.8. The number of aromatic nitrogens is 3. The molecule has 3 aromatic rings. The quantitative estimate of drug-likeness (QED) is 0.775. The molecule has 0 saturated heterocycles. The highest BCUT2D eigenvalue weighted by atomic mass is 19.1. The second-order valence-electron chi connectivity index (χ2n) is 5.71. The number of pyridine rings is 1. The van der Waals surface area contributed by atoms with Crippen molar-refractivity contribution < 1.29 is 13.9 Å². The minimum atomic E-state index is -0.660. The number of nitrogens with one attached hydrogen (secondary N) is 1. The molecule has 0 aliphatic rings. The number of anilines is 1. The average Bonchev–Trinajstić information content (AvgIpc) is 3.00. The molecule has 1 N–H and O–H groups in total. The van der Waals surface area contributed by atoms with Crippen LogP contribution in [0.1, 0.15) is 25.5 Å². The molecule has 0 spiro atoms. The van der Waals surface area contributed by atoms with Crippen LogP contribution in [0.25, 0.3) is 5.69 Å². The van der Waals surface area contributed by atoms with Crippen LogP contribution >= 0.6 is 0 Å². The third kappa shape index (κ3) is 4.00. The highest BCUT2D eigenvalue weighted by Crippen LogP contribution is 2.22. The molecule has 128 valence electrons. The van der Waals surface area contributed by atoms with Crippen LogP contribution in [0.3, 0.4) is 0 Å². The Bertz CT molecular complexity index is 878. The first-order valence-corrected chi connectivity index (χ1v) is 7.77. The highest BCUT2D eigenvalue weighted by Gasteiger charge is 2.16. The van der Waals surface area contributed by atoms with Crippen LogP contribution in [0.15, 0.2) is 54.9 Å². The topological polar surface area (TPSA) is 69.0 Å². The van der Waals surface area contributed by atoms with Gasteiger partial charge in [-0.3, -0.25) is 10.3 Å². The number of carbonyl (C=O) groups excluding carboxylic acids is 1. The first kappa shape index (κ1) is 16.6. The van der Waals surface area contributed by atoms with E-state index in [1.807, 2.05) is 19.9 Å². The lowest BCUT2D eigenvalue weighted by Gasteiger charge is -2.09. The van der Waals surface area contributed by atoms with Gasteiger partial charge in [-0.15, -0.1) is 0 Å². The van der Waals surface area contributed by atoms with E-state index < -0.39 is 11.9 Å². The van der Waals surface area contributed by atoms with E-state index >= 15 is 0 Å². The van der Waals surface area contributed by atoms with Gasteiger partial charge in [0.05, 0.1) is 23.8 Å². The zero-order valence-corrected chi connectivity index (χ0v) is 13.8. The van der Waals surface area contributed by atoms with E-state index in [0.717, 1.165) is 11.9 Å². The van der Waals surface area contributed by atoms with Crippen LogP contribution in [0.4, 0.5) is 15.0 Å². The smallest absolute Gasteiger partial charge is 0.410 e. The fraction of sp³-hybridized carbons (Fsp3) is 0.167. The van der Waals surface area contributed by atoms with E-state index in [2.05, 4.69) is 15.4 Å². The number of ether oxygens (including phenoxy) is 1. The molecule has 2 aromatic heterocycles. The maximum atomic E-state index is 13.5. The molecule has 6 nitrogen and oxygen atoms in total. The van der Waals surface area contributed by atoms with Crippen molar-refractivity contribution in [2.45, 2.75) is 19.8 Å². The lowest BCUT2D eigenvalue weighted by atomic mass is 10.1. The summed E-state index contributed by atoms with van der Waals surface area (Å²) >= 11 is 0. The van der Waals surface area contributed by atoms with Crippen LogP contribution in [0, 0.1) is 5.82 Å². The molecule has 0 aliphatic heterocycles. The van der Waals surface area contributed by atoms with Crippen molar-refractivity contribution in [2.24, 2.45) is 0 Å². The van der Waals surface area contributed by atoms with Gasteiger partial charge in [0, 0.05) is 12.1 Å². The van der Waals surface area contributed by atoms with Crippen molar-refractivity contribution in [1.82, 2.24) is 14.8 Å². The van der Waals surface area contributed by atoms with E-state index in [-0.39, 0.29) is 5.92 Å². The van der Waals surface area contributed by atoms with Gasteiger partial charge in [0.25, 0.3) is 0 Å². The van der Waals surface area contributed by atoms with Gasteiger partial charge in [0.1, 0.15) is 17.4 Å². The molecule has 1 aromatic carbocycles. The molecule has 2 heterocycles. The van der Waals surface area contributed by atoms with Crippen molar-refractivity contribution in [1.29, 1.82) is 0 Å². The third-order valence-corrected chi connectivity index (χ3v) is 3.44. The minimum Gasteiger partial charge on any atom is -0.410 e. The second-order valence-corrected chi connectivity index (χ2v) is 5.71. The lowest BCUT2D eigenvalue weighted by Crippen LogP contribution is -2.19. The molecule has 0 saturated carbocycles. The third-order valence-electron chi connectivity index (χ3n) is 3.44. The van der Waals surface area contributed by atoms with Crippen molar-refractivity contribution in [3.63, 3.8) is 0 Å². The maximum Gasteiger partial charge on any atom is 0.418 e. The summed E-state index contributed by atoms with van der Waals surface area (Å²) in [7, 11) is 0. The Labute approximate surface area is 144 Å². The molecule has 3 rings (SSSR count). The van der Waals surface area contributed by atoms with E-state index in [0.29, 0.717) is 17.3 Å². The van der Waals surface area contributed by atoms with E-state index in [1.165, 1.54) is 16.9 Å². The molecule has 0 fully saturated rings. The summed E-state index contributed by atoms with van der Waals surface area (Å²) in [5, 5.41) is 7.06. The molecule has 0 unspecified atom stereocenters. The summed E-state index contributed by atoms with van der Waals surface area (Å²) in [6.45, 7) is 3.95. The SMILES string of the molecule is CC(C)c1cc(NC(=O)Oc2ccccc2)n(-c2cncc(F)c2)n1. The number of hydrogen-bond acceptors (Lipinski definition) is 4. The maximum absolute atomic E-state index is 13.5. The Morgan fingerprint density at radius 3 is 2.64 bits per heavy atom. The number of amides is 1. The summed E-state index contributed by atoms with van der Waals surface area (Å²) in [5.74, 6) is 0.435. The number of rotatable bonds is 4. The van der Waals surface area contributed by atoms with Crippen molar-refractivity contribution in [3.8, 4) is 11.4 Å². The molecule has 1 amide bonds. The first-order valence-electron chi connectivity index (χ1n) is 7.77. The fourth-order valence-electron chi connectivity index (χ4n) is 2.21. The summed E-state index contributed by atoms with van der Waals surface area (Å²) in [6.07, 6.45) is 1.91. The van der Waals surface area contributed by atoms with E-state index in [1.54, 1.807) is 30.3 Å². The number of nitrogens with zero attached hydrogens (tertiary/aromatic N) is 3. The summed E-state index contributed by atoms with van der Waals surface area (Å²) in [5.41, 5.74) is 1.15. The summed E-state index contributed by atoms with van der Waals surface area (Å²) < 4.78 is 20.1. The van der Waals surface area contributed by atoms with Gasteiger partial charge in [-0.2, -0.15) is 5.10 Å². The Balaban J connectivity index is 1.88. The molecule has 0 bridgehead atoms. The predicted octanol–water partition coefficient (Wildman–Crippen LogP) is 4.14. The van der Waals surface area contributed by atoms with Crippen LogP contribution < -0.4 is 10.1 Å². The Kier molecular flexibility index (Phi) is 4.74. The van der Waals surface area contributed by atoms with Crippen LogP contribution in [0.2, 0.25) is 0 Å². The number of hydrogen-bond donors (Lipinski definition) is 1. The van der Waals surface area contributed by atoms with Gasteiger partial charge in [-0.05, 0) is 18.1 Å². The van der Waals surface area contributed by atoms with Gasteiger partial charge in [-0.1, -0.05) is 32.0 Å². The van der Waals surface area contributed by atoms with E-state index in [4.69, 9.17) is 4.74 Å². The molecule has 0 radical (unpaired) electrons. The normalized spacial score (nSPS) is 10.7. The van der Waals surface area contributed by atoms with Crippen LogP contribution in [-0.4, -0.2) is 20.9 Å². The molecule has 7 heteroatoms. The van der Waals surface area contributed by atoms with Crippen molar-refractivity contribution in [3.05, 3.63) is 66.4 Å². The molecule has 0 aliphatic carbocycles. The fourth-order valence-corrected chi connectivity index (χ4v) is 2.21. The molecular formula is C18H17FN4O2. The lowest BCUT2D eigenvalue weighted by molar-refractivity contribution is 0.215. The summed E-state index contributed by atoms with van der Waals surface area (Å²) in [4.78, 5) is 16.0. The highest BCUT2D eigenvalue weighted by molar-refractivity contribution is 5.85. The van der Waals surface area contributed by atoms with Crippen molar-refractivity contribution >= 4 is 11.9 Å². The van der Waals surface area contributed by atoms with Crippen LogP contribution in [0.5, 0.6) is 5.75 Å². The minimum absolute atomic E-state index is 0.133. The second kappa shape index (κ2) is 7.12. The number of halogens is 1. The summed E-state index contributed by atoms with van der Waals surface area (Å²) in [6, 6.07) is 11.7. The predicted molar refractivity (Wildman–Crippen MR) is 91.5 cm³/mol. The van der Waals surface area contributed by atoms with Gasteiger partial charge in [0.15, 0.2) is 0 Å². The Morgan fingerprint density at radius 1 is 1.20 bits per heavy atom.